The van der Waals surface area contributed by atoms with Crippen LogP contribution in [0.15, 0.2) is 34.8 Å². The summed E-state index contributed by atoms with van der Waals surface area (Å²) in [6.07, 6.45) is 8.16. The average Bonchev–Trinajstić information content (AvgIpc) is 3.07. The van der Waals surface area contributed by atoms with Crippen molar-refractivity contribution in [2.75, 3.05) is 12.4 Å². The molecule has 1 aliphatic carbocycles. The van der Waals surface area contributed by atoms with E-state index in [2.05, 4.69) is 33.4 Å². The Morgan fingerprint density at radius 2 is 1.80 bits per heavy atom. The van der Waals surface area contributed by atoms with Crippen LogP contribution in [-0.2, 0) is 14.4 Å². The number of benzene rings is 1. The minimum absolute atomic E-state index is 0.250. The Kier molecular flexibility index (Phi) is 17.2. The van der Waals surface area contributed by atoms with Gasteiger partial charge >= 0.3 is 0 Å². The zero-order valence-electron chi connectivity index (χ0n) is 13.7. The number of aliphatic hydroxyl groups is 1. The molecule has 0 heterocycles. The number of aliphatic hydroxyl groups excluding tert-OH is 1. The smallest absolute Gasteiger partial charge is 0.290 e. The van der Waals surface area contributed by atoms with Crippen LogP contribution in [0.5, 0.6) is 0 Å². The predicted octanol–water partition coefficient (Wildman–Crippen LogP) is 2.95. The summed E-state index contributed by atoms with van der Waals surface area (Å²) in [5, 5.41) is 16.9. The van der Waals surface area contributed by atoms with Gasteiger partial charge in [-0.25, -0.2) is 0 Å². The third-order valence-electron chi connectivity index (χ3n) is 2.39. The molecule has 1 aromatic carbocycles. The van der Waals surface area contributed by atoms with E-state index in [1.807, 2.05) is 0 Å². The van der Waals surface area contributed by atoms with Crippen LogP contribution in [0, 0.1) is 0 Å². The number of hydrogen-bond acceptors (Lipinski definition) is 4. The third-order valence-corrected chi connectivity index (χ3v) is 3.07. The quantitative estimate of drug-likeness (QED) is 0.328. The lowest BCUT2D eigenvalue weighted by Crippen LogP contribution is -2.21. The lowest BCUT2D eigenvalue weighted by Gasteiger charge is -2.04. The lowest BCUT2D eigenvalue weighted by molar-refractivity contribution is -0.125. The number of carbonyl (C=O) groups is 3. The van der Waals surface area contributed by atoms with Gasteiger partial charge in [0.25, 0.3) is 6.47 Å². The Hall–Kier alpha value is -1.90. The number of carbonyl (C=O) groups excluding carboxylic acids is 2. The van der Waals surface area contributed by atoms with E-state index in [1.54, 1.807) is 18.2 Å². The van der Waals surface area contributed by atoms with E-state index >= 15 is 0 Å². The molecule has 0 saturated heterocycles. The van der Waals surface area contributed by atoms with Crippen molar-refractivity contribution in [3.63, 3.8) is 0 Å². The molecule has 0 saturated carbocycles. The highest BCUT2D eigenvalue weighted by Crippen LogP contribution is 2.22. The fourth-order valence-electron chi connectivity index (χ4n) is 1.58. The SMILES string of the molecule is C1=CCCC1.CO.NC(=O)CC(=O)Nc1cc(Cl)cc(Br)c1.O=CO. The molecule has 140 valence electrons. The van der Waals surface area contributed by atoms with Crippen molar-refractivity contribution < 1.29 is 24.6 Å². The first-order chi connectivity index (χ1) is 11.9. The van der Waals surface area contributed by atoms with Gasteiger partial charge in [-0.05, 0) is 37.5 Å². The predicted molar refractivity (Wildman–Crippen MR) is 101 cm³/mol. The zero-order chi connectivity index (χ0) is 19.7. The molecule has 5 N–H and O–H groups in total. The van der Waals surface area contributed by atoms with Gasteiger partial charge in [0.1, 0.15) is 6.42 Å². The summed E-state index contributed by atoms with van der Waals surface area (Å²) in [5.41, 5.74) is 5.39. The highest BCUT2D eigenvalue weighted by atomic mass is 79.9. The van der Waals surface area contributed by atoms with Crippen molar-refractivity contribution in [1.82, 2.24) is 0 Å². The summed E-state index contributed by atoms with van der Waals surface area (Å²) in [4.78, 5) is 30.0. The number of amides is 2. The van der Waals surface area contributed by atoms with E-state index < -0.39 is 11.8 Å². The van der Waals surface area contributed by atoms with Crippen molar-refractivity contribution in [2.45, 2.75) is 25.7 Å². The van der Waals surface area contributed by atoms with E-state index in [0.29, 0.717) is 10.7 Å². The maximum Gasteiger partial charge on any atom is 0.290 e. The van der Waals surface area contributed by atoms with Crippen LogP contribution in [-0.4, -0.2) is 35.6 Å². The number of nitrogens with one attached hydrogen (secondary N) is 1. The Morgan fingerprint density at radius 3 is 2.16 bits per heavy atom. The Morgan fingerprint density at radius 1 is 1.28 bits per heavy atom. The number of carboxylic acid groups (broad SMARTS) is 1. The highest BCUT2D eigenvalue weighted by molar-refractivity contribution is 9.10. The molecule has 1 aliphatic rings. The van der Waals surface area contributed by atoms with Gasteiger partial charge in [0.05, 0.1) is 0 Å². The van der Waals surface area contributed by atoms with E-state index in [-0.39, 0.29) is 12.9 Å². The molecule has 0 fully saturated rings. The molecular weight excluding hydrogens is 416 g/mol. The summed E-state index contributed by atoms with van der Waals surface area (Å²) in [6, 6.07) is 4.93. The molecular formula is C16H22BrClN2O5. The van der Waals surface area contributed by atoms with Gasteiger partial charge in [-0.3, -0.25) is 14.4 Å². The summed E-state index contributed by atoms with van der Waals surface area (Å²) in [7, 11) is 1.00. The number of rotatable bonds is 3. The Balaban J connectivity index is 0. The largest absolute Gasteiger partial charge is 0.483 e. The second kappa shape index (κ2) is 16.9. The van der Waals surface area contributed by atoms with Gasteiger partial charge in [-0.2, -0.15) is 0 Å². The molecule has 7 nitrogen and oxygen atoms in total. The van der Waals surface area contributed by atoms with Crippen LogP contribution >= 0.6 is 27.5 Å². The first kappa shape index (κ1) is 25.3. The van der Waals surface area contributed by atoms with Crippen molar-refractivity contribution in [3.05, 3.63) is 39.8 Å². The monoisotopic (exact) mass is 436 g/mol. The molecule has 2 amide bonds. The van der Waals surface area contributed by atoms with Crippen molar-refractivity contribution in [1.29, 1.82) is 0 Å². The summed E-state index contributed by atoms with van der Waals surface area (Å²) in [5.74, 6) is -1.13. The minimum Gasteiger partial charge on any atom is -0.483 e. The fourth-order valence-corrected chi connectivity index (χ4v) is 2.44. The molecule has 0 radical (unpaired) electrons. The van der Waals surface area contributed by atoms with E-state index in [9.17, 15) is 9.59 Å². The van der Waals surface area contributed by atoms with Gasteiger partial charge in [-0.15, -0.1) is 0 Å². The van der Waals surface area contributed by atoms with Gasteiger partial charge < -0.3 is 21.3 Å². The number of allylic oxidation sites excluding steroid dienone is 2. The van der Waals surface area contributed by atoms with Crippen LogP contribution in [0.1, 0.15) is 25.7 Å². The van der Waals surface area contributed by atoms with Crippen molar-refractivity contribution in [3.8, 4) is 0 Å². The Labute approximate surface area is 160 Å². The molecule has 2 rings (SSSR count). The molecule has 0 spiro atoms. The zero-order valence-corrected chi connectivity index (χ0v) is 16.1. The summed E-state index contributed by atoms with van der Waals surface area (Å²) < 4.78 is 0.740. The first-order valence-electron chi connectivity index (χ1n) is 7.10. The average molecular weight is 438 g/mol. The van der Waals surface area contributed by atoms with Gasteiger partial charge in [0, 0.05) is 22.3 Å². The maximum absolute atomic E-state index is 11.2. The molecule has 0 atom stereocenters. The van der Waals surface area contributed by atoms with Crippen LogP contribution in [0.3, 0.4) is 0 Å². The van der Waals surface area contributed by atoms with Crippen LogP contribution in [0.2, 0.25) is 5.02 Å². The topological polar surface area (TPSA) is 130 Å². The van der Waals surface area contributed by atoms with E-state index in [0.717, 1.165) is 11.6 Å². The number of nitrogens with two attached hydrogens (primary N) is 1. The number of hydrogen-bond donors (Lipinski definition) is 4. The van der Waals surface area contributed by atoms with Gasteiger partial charge in [-0.1, -0.05) is 39.7 Å². The normalized spacial score (nSPS) is 10.7. The number of primary amides is 1. The van der Waals surface area contributed by atoms with Gasteiger partial charge in [0.2, 0.25) is 11.8 Å². The first-order valence-corrected chi connectivity index (χ1v) is 8.28. The Bertz CT molecular complexity index is 541. The van der Waals surface area contributed by atoms with E-state index in [4.69, 9.17) is 32.3 Å². The van der Waals surface area contributed by atoms with Crippen molar-refractivity contribution >= 4 is 51.5 Å². The van der Waals surface area contributed by atoms with Crippen LogP contribution in [0.4, 0.5) is 5.69 Å². The molecule has 0 unspecified atom stereocenters. The summed E-state index contributed by atoms with van der Waals surface area (Å²) >= 11 is 8.99. The number of halogens is 2. The maximum atomic E-state index is 11.2. The molecule has 1 aromatic rings. The second-order valence-corrected chi connectivity index (χ2v) is 5.71. The van der Waals surface area contributed by atoms with Crippen LogP contribution in [0.25, 0.3) is 0 Å². The van der Waals surface area contributed by atoms with E-state index in [1.165, 1.54) is 19.3 Å². The summed E-state index contributed by atoms with van der Waals surface area (Å²) in [6.45, 7) is -0.250. The standard InChI is InChI=1S/C9H8BrClN2O2.C5H8.CH2O2.CH4O/c10-5-1-6(11)3-7(2-5)13-9(15)4-8(12)14;1-2-4-5-3-1;2-1-3;1-2/h1-3H,4H2,(H2,12,14)(H,13,15);1-2H,3-5H2;1H,(H,2,3);2H,1H3. The number of anilines is 1. The molecule has 0 bridgehead atoms. The lowest BCUT2D eigenvalue weighted by atomic mass is 10.3. The van der Waals surface area contributed by atoms with Crippen LogP contribution < -0.4 is 11.1 Å². The van der Waals surface area contributed by atoms with Crippen molar-refractivity contribution in [2.24, 2.45) is 5.73 Å². The molecule has 9 heteroatoms. The minimum atomic E-state index is -0.673. The second-order valence-electron chi connectivity index (χ2n) is 4.36. The fraction of sp³-hybridized carbons (Fsp3) is 0.312. The molecule has 0 aliphatic heterocycles. The van der Waals surface area contributed by atoms with Gasteiger partial charge in [0.15, 0.2) is 0 Å². The third kappa shape index (κ3) is 16.7. The highest BCUT2D eigenvalue weighted by Gasteiger charge is 2.06. The molecule has 0 aromatic heterocycles. The molecule has 25 heavy (non-hydrogen) atoms.